The second kappa shape index (κ2) is 6.75. The van der Waals surface area contributed by atoms with Crippen LogP contribution < -0.4 is 10.1 Å². The Morgan fingerprint density at radius 2 is 1.86 bits per heavy atom. The van der Waals surface area contributed by atoms with Crippen molar-refractivity contribution in [1.82, 2.24) is 29.3 Å². The summed E-state index contributed by atoms with van der Waals surface area (Å²) in [5, 5.41) is 8.96. The number of fused-ring (bicyclic) bond motifs is 2. The monoisotopic (exact) mass is 405 g/mol. The lowest BCUT2D eigenvalue weighted by molar-refractivity contribution is 0.468. The van der Waals surface area contributed by atoms with Crippen molar-refractivity contribution >= 4 is 45.3 Å². The summed E-state index contributed by atoms with van der Waals surface area (Å²) in [6.07, 6.45) is 3.16. The molecule has 0 fully saturated rings. The standard InChI is InChI=1S/C20H16ClN7O/c1-27-17-8-7-14(29-19-15-10-24-28(2)18(15)22-11-23-19)9-16(17)26-20(27)25-13-5-3-12(21)4-6-13/h3-11H,1-2H3,(H,25,26). The zero-order valence-electron chi connectivity index (χ0n) is 15.7. The predicted molar refractivity (Wildman–Crippen MR) is 112 cm³/mol. The summed E-state index contributed by atoms with van der Waals surface area (Å²) in [6.45, 7) is 0. The van der Waals surface area contributed by atoms with E-state index < -0.39 is 0 Å². The molecule has 3 aromatic heterocycles. The zero-order valence-corrected chi connectivity index (χ0v) is 16.4. The van der Waals surface area contributed by atoms with Gasteiger partial charge in [0.1, 0.15) is 17.5 Å². The van der Waals surface area contributed by atoms with Crippen molar-refractivity contribution < 1.29 is 4.74 Å². The van der Waals surface area contributed by atoms with Crippen molar-refractivity contribution in [3.8, 4) is 11.6 Å². The molecule has 5 aromatic rings. The van der Waals surface area contributed by atoms with Crippen molar-refractivity contribution in [3.05, 3.63) is 60.0 Å². The third-order valence-corrected chi connectivity index (χ3v) is 4.91. The number of benzene rings is 2. The number of aryl methyl sites for hydroxylation is 2. The number of nitrogens with one attached hydrogen (secondary N) is 1. The number of nitrogens with zero attached hydrogens (tertiary/aromatic N) is 6. The summed E-state index contributed by atoms with van der Waals surface area (Å²) in [5.41, 5.74) is 3.40. The van der Waals surface area contributed by atoms with Gasteiger partial charge in [0.2, 0.25) is 11.8 Å². The van der Waals surface area contributed by atoms with Crippen molar-refractivity contribution in [1.29, 1.82) is 0 Å². The Balaban J connectivity index is 1.48. The van der Waals surface area contributed by atoms with Crippen LogP contribution in [0.5, 0.6) is 11.6 Å². The molecule has 0 aliphatic rings. The fourth-order valence-electron chi connectivity index (χ4n) is 3.15. The normalized spacial score (nSPS) is 11.3. The molecule has 0 radical (unpaired) electrons. The highest BCUT2D eigenvalue weighted by molar-refractivity contribution is 6.30. The summed E-state index contributed by atoms with van der Waals surface area (Å²) in [4.78, 5) is 13.2. The molecule has 9 heteroatoms. The summed E-state index contributed by atoms with van der Waals surface area (Å²) >= 11 is 5.96. The van der Waals surface area contributed by atoms with Gasteiger partial charge in [0, 0.05) is 30.9 Å². The first kappa shape index (κ1) is 17.4. The van der Waals surface area contributed by atoms with E-state index in [1.807, 2.05) is 61.1 Å². The van der Waals surface area contributed by atoms with Gasteiger partial charge < -0.3 is 14.6 Å². The van der Waals surface area contributed by atoms with Gasteiger partial charge in [0.15, 0.2) is 5.65 Å². The van der Waals surface area contributed by atoms with Crippen LogP contribution in [-0.2, 0) is 14.1 Å². The molecule has 0 amide bonds. The third kappa shape index (κ3) is 3.13. The van der Waals surface area contributed by atoms with E-state index in [0.717, 1.165) is 28.1 Å². The van der Waals surface area contributed by atoms with E-state index in [0.29, 0.717) is 22.3 Å². The molecule has 1 N–H and O–H groups in total. The highest BCUT2D eigenvalue weighted by Gasteiger charge is 2.13. The molecule has 0 aliphatic carbocycles. The number of hydrogen-bond donors (Lipinski definition) is 1. The van der Waals surface area contributed by atoms with Crippen LogP contribution in [0.4, 0.5) is 11.6 Å². The smallest absolute Gasteiger partial charge is 0.233 e. The van der Waals surface area contributed by atoms with E-state index in [-0.39, 0.29) is 0 Å². The molecule has 29 heavy (non-hydrogen) atoms. The average Bonchev–Trinajstić information content (AvgIpc) is 3.25. The highest BCUT2D eigenvalue weighted by Crippen LogP contribution is 2.30. The molecule has 0 saturated heterocycles. The molecule has 0 bridgehead atoms. The van der Waals surface area contributed by atoms with E-state index in [2.05, 4.69) is 25.4 Å². The number of anilines is 2. The first-order valence-corrected chi connectivity index (χ1v) is 9.26. The quantitative estimate of drug-likeness (QED) is 0.476. The van der Waals surface area contributed by atoms with Crippen molar-refractivity contribution in [2.24, 2.45) is 14.1 Å². The van der Waals surface area contributed by atoms with Crippen molar-refractivity contribution in [2.75, 3.05) is 5.32 Å². The second-order valence-electron chi connectivity index (χ2n) is 6.56. The summed E-state index contributed by atoms with van der Waals surface area (Å²) in [6, 6.07) is 13.2. The van der Waals surface area contributed by atoms with Crippen molar-refractivity contribution in [2.45, 2.75) is 0 Å². The SMILES string of the molecule is Cn1ncc2c(Oc3ccc4c(c3)nc(Nc3ccc(Cl)cc3)n4C)ncnc21. The Morgan fingerprint density at radius 1 is 1.03 bits per heavy atom. The van der Waals surface area contributed by atoms with Gasteiger partial charge in [-0.05, 0) is 36.4 Å². The van der Waals surface area contributed by atoms with Crippen LogP contribution in [0.1, 0.15) is 0 Å². The maximum absolute atomic E-state index is 6.00. The summed E-state index contributed by atoms with van der Waals surface area (Å²) in [7, 11) is 3.78. The lowest BCUT2D eigenvalue weighted by Gasteiger charge is -2.06. The fraction of sp³-hybridized carbons (Fsp3) is 0.100. The average molecular weight is 406 g/mol. The highest BCUT2D eigenvalue weighted by atomic mass is 35.5. The molecule has 8 nitrogen and oxygen atoms in total. The molecule has 144 valence electrons. The van der Waals surface area contributed by atoms with E-state index in [1.54, 1.807) is 10.9 Å². The van der Waals surface area contributed by atoms with Gasteiger partial charge in [-0.2, -0.15) is 5.10 Å². The maximum atomic E-state index is 6.00. The zero-order chi connectivity index (χ0) is 20.0. The van der Waals surface area contributed by atoms with Gasteiger partial charge in [-0.25, -0.2) is 15.0 Å². The first-order chi connectivity index (χ1) is 14.1. The lowest BCUT2D eigenvalue weighted by Crippen LogP contribution is -1.98. The van der Waals surface area contributed by atoms with E-state index in [9.17, 15) is 0 Å². The molecule has 0 unspecified atom stereocenters. The Labute approximate surface area is 170 Å². The van der Waals surface area contributed by atoms with Crippen LogP contribution in [0, 0.1) is 0 Å². The minimum atomic E-state index is 0.456. The lowest BCUT2D eigenvalue weighted by atomic mass is 10.3. The fourth-order valence-corrected chi connectivity index (χ4v) is 3.28. The van der Waals surface area contributed by atoms with Gasteiger partial charge in [-0.15, -0.1) is 0 Å². The Hall–Kier alpha value is -3.65. The van der Waals surface area contributed by atoms with Gasteiger partial charge in [-0.1, -0.05) is 11.6 Å². The number of imidazole rings is 1. The number of ether oxygens (including phenoxy) is 1. The van der Waals surface area contributed by atoms with Crippen LogP contribution in [-0.4, -0.2) is 29.3 Å². The Morgan fingerprint density at radius 3 is 2.69 bits per heavy atom. The van der Waals surface area contributed by atoms with Crippen LogP contribution >= 0.6 is 11.6 Å². The largest absolute Gasteiger partial charge is 0.438 e. The third-order valence-electron chi connectivity index (χ3n) is 4.66. The van der Waals surface area contributed by atoms with Gasteiger partial charge in [-0.3, -0.25) is 4.68 Å². The Bertz CT molecular complexity index is 1340. The second-order valence-corrected chi connectivity index (χ2v) is 7.00. The predicted octanol–water partition coefficient (Wildman–Crippen LogP) is 4.44. The van der Waals surface area contributed by atoms with Crippen LogP contribution in [0.3, 0.4) is 0 Å². The summed E-state index contributed by atoms with van der Waals surface area (Å²) in [5.74, 6) is 1.81. The molecule has 0 aliphatic heterocycles. The molecule has 3 heterocycles. The van der Waals surface area contributed by atoms with Crippen LogP contribution in [0.25, 0.3) is 22.1 Å². The number of rotatable bonds is 4. The topological polar surface area (TPSA) is 82.7 Å². The molecule has 0 spiro atoms. The van der Waals surface area contributed by atoms with Gasteiger partial charge >= 0.3 is 0 Å². The molecular weight excluding hydrogens is 390 g/mol. The number of aromatic nitrogens is 6. The number of hydrogen-bond acceptors (Lipinski definition) is 6. The molecule has 0 saturated carbocycles. The van der Waals surface area contributed by atoms with E-state index in [1.165, 1.54) is 6.33 Å². The molecule has 2 aromatic carbocycles. The van der Waals surface area contributed by atoms with Gasteiger partial charge in [0.05, 0.1) is 17.2 Å². The first-order valence-electron chi connectivity index (χ1n) is 8.88. The van der Waals surface area contributed by atoms with Crippen molar-refractivity contribution in [3.63, 3.8) is 0 Å². The van der Waals surface area contributed by atoms with Gasteiger partial charge in [0.25, 0.3) is 0 Å². The molecular formula is C20H16ClN7O. The maximum Gasteiger partial charge on any atom is 0.233 e. The summed E-state index contributed by atoms with van der Waals surface area (Å²) < 4.78 is 9.67. The molecule has 5 rings (SSSR count). The van der Waals surface area contributed by atoms with Crippen LogP contribution in [0.2, 0.25) is 5.02 Å². The van der Waals surface area contributed by atoms with E-state index >= 15 is 0 Å². The number of halogens is 1. The van der Waals surface area contributed by atoms with E-state index in [4.69, 9.17) is 16.3 Å². The minimum absolute atomic E-state index is 0.456. The minimum Gasteiger partial charge on any atom is -0.438 e. The Kier molecular flexibility index (Phi) is 4.06. The molecule has 0 atom stereocenters. The van der Waals surface area contributed by atoms with Crippen LogP contribution in [0.15, 0.2) is 55.0 Å².